The third kappa shape index (κ3) is 4.26. The Morgan fingerprint density at radius 1 is 1.09 bits per heavy atom. The van der Waals surface area contributed by atoms with Crippen molar-refractivity contribution in [3.8, 4) is 17.2 Å². The molecule has 1 N–H and O–H groups in total. The molecule has 35 heavy (non-hydrogen) atoms. The summed E-state index contributed by atoms with van der Waals surface area (Å²) in [6, 6.07) is 14.5. The minimum absolute atomic E-state index is 0.0286. The number of fused-ring (bicyclic) bond motifs is 1. The van der Waals surface area contributed by atoms with Crippen LogP contribution in [-0.4, -0.2) is 41.5 Å². The molecule has 0 bridgehead atoms. The molecule has 3 heterocycles. The fraction of sp³-hybridized carbons (Fsp3) is 0.185. The Kier molecular flexibility index (Phi) is 6.01. The smallest absolute Gasteiger partial charge is 0.296 e. The first-order valence-electron chi connectivity index (χ1n) is 11.1. The van der Waals surface area contributed by atoms with Crippen molar-refractivity contribution in [2.75, 3.05) is 19.8 Å². The number of Topliss-reactive ketones (excluding diaryl/α,β-unsaturated/α-hetero) is 1. The summed E-state index contributed by atoms with van der Waals surface area (Å²) < 4.78 is 22.3. The van der Waals surface area contributed by atoms with Gasteiger partial charge >= 0.3 is 0 Å². The molecule has 3 aromatic rings. The lowest BCUT2D eigenvalue weighted by atomic mass is 9.95. The number of hydrogen-bond acceptors (Lipinski definition) is 7. The van der Waals surface area contributed by atoms with Gasteiger partial charge < -0.3 is 28.6 Å². The maximum atomic E-state index is 13.2. The average molecular weight is 473 g/mol. The van der Waals surface area contributed by atoms with Gasteiger partial charge in [-0.15, -0.1) is 0 Å². The quantitative estimate of drug-likeness (QED) is 0.237. The number of benzene rings is 2. The number of carbonyl (C=O) groups excluding carboxylic acids is 2. The van der Waals surface area contributed by atoms with Crippen molar-refractivity contribution in [1.82, 2.24) is 4.90 Å². The number of hydrogen-bond donors (Lipinski definition) is 1. The van der Waals surface area contributed by atoms with E-state index in [2.05, 4.69) is 6.58 Å². The van der Waals surface area contributed by atoms with Crippen LogP contribution in [-0.2, 0) is 16.1 Å². The number of ether oxygens (including phenoxy) is 3. The summed E-state index contributed by atoms with van der Waals surface area (Å²) in [6.45, 7) is 4.82. The zero-order chi connectivity index (χ0) is 24.4. The Balaban J connectivity index is 1.62. The van der Waals surface area contributed by atoms with Gasteiger partial charge in [0.05, 0.1) is 24.4 Å². The van der Waals surface area contributed by atoms with Crippen LogP contribution in [0, 0.1) is 0 Å². The molecule has 1 aromatic heterocycles. The standard InChI is InChI=1S/C27H23NO7/c1-2-10-32-19-6-3-5-17(14-19)24-23(26(30)27(31)28(24)16-20-7-4-11-33-20)25(29)18-8-9-21-22(15-18)35-13-12-34-21/h2-9,11,14-15,24,29H,1,10,12-13,16H2/t24-/m0/s1. The normalized spacial score (nSPS) is 18.5. The van der Waals surface area contributed by atoms with E-state index >= 15 is 0 Å². The van der Waals surface area contributed by atoms with E-state index in [1.807, 2.05) is 0 Å². The van der Waals surface area contributed by atoms with Crippen LogP contribution in [0.1, 0.15) is 22.9 Å². The van der Waals surface area contributed by atoms with Crippen molar-refractivity contribution in [3.63, 3.8) is 0 Å². The number of ketones is 1. The third-order valence-electron chi connectivity index (χ3n) is 5.80. The number of aliphatic hydroxyl groups is 1. The van der Waals surface area contributed by atoms with Gasteiger partial charge in [0.2, 0.25) is 0 Å². The summed E-state index contributed by atoms with van der Waals surface area (Å²) in [5.74, 6) is 0.246. The van der Waals surface area contributed by atoms with E-state index in [0.29, 0.717) is 54.0 Å². The van der Waals surface area contributed by atoms with Crippen molar-refractivity contribution < 1.29 is 33.3 Å². The largest absolute Gasteiger partial charge is 0.507 e. The van der Waals surface area contributed by atoms with E-state index in [-0.39, 0.29) is 17.9 Å². The maximum Gasteiger partial charge on any atom is 0.296 e. The molecular weight excluding hydrogens is 450 g/mol. The van der Waals surface area contributed by atoms with Crippen LogP contribution in [0.3, 0.4) is 0 Å². The SMILES string of the molecule is C=CCOc1cccc([C@H]2C(=C(O)c3ccc4c(c3)OCCO4)C(=O)C(=O)N2Cc2ccco2)c1. The molecule has 2 aromatic carbocycles. The summed E-state index contributed by atoms with van der Waals surface area (Å²) >= 11 is 0. The molecule has 1 fully saturated rings. The second kappa shape index (κ2) is 9.42. The van der Waals surface area contributed by atoms with E-state index in [4.69, 9.17) is 18.6 Å². The molecule has 1 atom stereocenters. The molecule has 178 valence electrons. The van der Waals surface area contributed by atoms with Crippen LogP contribution in [0.5, 0.6) is 17.2 Å². The van der Waals surface area contributed by atoms with E-state index in [1.54, 1.807) is 60.7 Å². The van der Waals surface area contributed by atoms with Gasteiger partial charge in [0, 0.05) is 5.56 Å². The summed E-state index contributed by atoms with van der Waals surface area (Å²) in [7, 11) is 0. The highest BCUT2D eigenvalue weighted by molar-refractivity contribution is 6.46. The zero-order valence-corrected chi connectivity index (χ0v) is 18.8. The molecule has 2 aliphatic rings. The Morgan fingerprint density at radius 3 is 2.69 bits per heavy atom. The Labute approximate surface area is 201 Å². The summed E-state index contributed by atoms with van der Waals surface area (Å²) in [6.07, 6.45) is 3.12. The van der Waals surface area contributed by atoms with E-state index < -0.39 is 17.7 Å². The zero-order valence-electron chi connectivity index (χ0n) is 18.8. The summed E-state index contributed by atoms with van der Waals surface area (Å²) in [5.41, 5.74) is 0.921. The van der Waals surface area contributed by atoms with Crippen LogP contribution in [0.15, 0.2) is 83.5 Å². The van der Waals surface area contributed by atoms with Gasteiger partial charge in [-0.25, -0.2) is 0 Å². The summed E-state index contributed by atoms with van der Waals surface area (Å²) in [5, 5.41) is 11.3. The van der Waals surface area contributed by atoms with E-state index in [9.17, 15) is 14.7 Å². The molecule has 8 heteroatoms. The fourth-order valence-corrected chi connectivity index (χ4v) is 4.24. The monoisotopic (exact) mass is 473 g/mol. The number of furan rings is 1. The molecule has 2 aliphatic heterocycles. The first-order valence-corrected chi connectivity index (χ1v) is 11.1. The predicted molar refractivity (Wildman–Crippen MR) is 126 cm³/mol. The minimum Gasteiger partial charge on any atom is -0.507 e. The van der Waals surface area contributed by atoms with E-state index in [1.165, 1.54) is 11.2 Å². The second-order valence-electron chi connectivity index (χ2n) is 8.04. The van der Waals surface area contributed by atoms with Crippen LogP contribution >= 0.6 is 0 Å². The van der Waals surface area contributed by atoms with Crippen molar-refractivity contribution in [1.29, 1.82) is 0 Å². The summed E-state index contributed by atoms with van der Waals surface area (Å²) in [4.78, 5) is 27.8. The van der Waals surface area contributed by atoms with Crippen molar-refractivity contribution in [2.45, 2.75) is 12.6 Å². The molecule has 8 nitrogen and oxygen atoms in total. The van der Waals surface area contributed by atoms with Gasteiger partial charge in [-0.05, 0) is 48.0 Å². The molecule has 1 amide bonds. The average Bonchev–Trinajstić information content (AvgIpc) is 3.49. The van der Waals surface area contributed by atoms with Gasteiger partial charge in [-0.3, -0.25) is 9.59 Å². The van der Waals surface area contributed by atoms with Crippen molar-refractivity contribution in [2.24, 2.45) is 0 Å². The topological polar surface area (TPSA) is 98.4 Å². The Bertz CT molecular complexity index is 1310. The second-order valence-corrected chi connectivity index (χ2v) is 8.04. The Morgan fingerprint density at radius 2 is 1.91 bits per heavy atom. The van der Waals surface area contributed by atoms with Gasteiger partial charge in [-0.2, -0.15) is 0 Å². The number of rotatable bonds is 7. The van der Waals surface area contributed by atoms with Crippen molar-refractivity contribution in [3.05, 3.63) is 96.0 Å². The van der Waals surface area contributed by atoms with Crippen LogP contribution in [0.2, 0.25) is 0 Å². The number of nitrogens with zero attached hydrogens (tertiary/aromatic N) is 1. The molecule has 5 rings (SSSR count). The maximum absolute atomic E-state index is 13.2. The number of aliphatic hydroxyl groups excluding tert-OH is 1. The highest BCUT2D eigenvalue weighted by Gasteiger charge is 2.46. The van der Waals surface area contributed by atoms with Gasteiger partial charge in [0.15, 0.2) is 11.5 Å². The lowest BCUT2D eigenvalue weighted by molar-refractivity contribution is -0.140. The molecule has 0 radical (unpaired) electrons. The van der Waals surface area contributed by atoms with Crippen LogP contribution in [0.25, 0.3) is 5.76 Å². The molecule has 0 aliphatic carbocycles. The molecular formula is C27H23NO7. The lowest BCUT2D eigenvalue weighted by Crippen LogP contribution is -2.29. The number of carbonyl (C=O) groups is 2. The van der Waals surface area contributed by atoms with Gasteiger partial charge in [0.1, 0.15) is 37.1 Å². The van der Waals surface area contributed by atoms with E-state index in [0.717, 1.165) is 0 Å². The predicted octanol–water partition coefficient (Wildman–Crippen LogP) is 4.24. The van der Waals surface area contributed by atoms with Gasteiger partial charge in [0.25, 0.3) is 11.7 Å². The first kappa shape index (κ1) is 22.3. The fourth-order valence-electron chi connectivity index (χ4n) is 4.24. The molecule has 1 saturated heterocycles. The van der Waals surface area contributed by atoms with Gasteiger partial charge in [-0.1, -0.05) is 24.8 Å². The van der Waals surface area contributed by atoms with Crippen LogP contribution in [0.4, 0.5) is 0 Å². The molecule has 0 saturated carbocycles. The van der Waals surface area contributed by atoms with Crippen LogP contribution < -0.4 is 14.2 Å². The molecule has 0 spiro atoms. The number of likely N-dealkylation sites (tertiary alicyclic amines) is 1. The highest BCUT2D eigenvalue weighted by Crippen LogP contribution is 2.42. The first-order chi connectivity index (χ1) is 17.1. The number of amides is 1. The van der Waals surface area contributed by atoms with Crippen molar-refractivity contribution >= 4 is 17.4 Å². The minimum atomic E-state index is -0.861. The third-order valence-corrected chi connectivity index (χ3v) is 5.80. The Hall–Kier alpha value is -4.46. The highest BCUT2D eigenvalue weighted by atomic mass is 16.6. The molecule has 0 unspecified atom stereocenters. The lowest BCUT2D eigenvalue weighted by Gasteiger charge is -2.25.